The molecule has 0 aliphatic carbocycles. The molecule has 0 saturated carbocycles. The van der Waals surface area contributed by atoms with Crippen LogP contribution in [0.2, 0.25) is 0 Å². The number of ether oxygens (including phenoxy) is 1. The van der Waals surface area contributed by atoms with Crippen LogP contribution in [0.5, 0.6) is 0 Å². The van der Waals surface area contributed by atoms with Gasteiger partial charge < -0.3 is 15.6 Å². The minimum Gasteiger partial charge on any atom is -0.399 e. The standard InChI is InChI=1S/C11H17NO2S/c1-9-2-3-10(12)8-11(9)15-7-6-14-5-4-13/h2-3,8,13H,4-7,12H2,1H3. The predicted molar refractivity (Wildman–Crippen MR) is 64.2 cm³/mol. The Bertz CT molecular complexity index is 305. The molecule has 0 aliphatic rings. The van der Waals surface area contributed by atoms with Gasteiger partial charge >= 0.3 is 0 Å². The number of anilines is 1. The average Bonchev–Trinajstić information content (AvgIpc) is 2.23. The number of aliphatic hydroxyl groups excluding tert-OH is 1. The van der Waals surface area contributed by atoms with E-state index in [1.165, 1.54) is 10.5 Å². The molecule has 0 radical (unpaired) electrons. The molecule has 0 heterocycles. The van der Waals surface area contributed by atoms with E-state index in [0.717, 1.165) is 11.4 Å². The van der Waals surface area contributed by atoms with Gasteiger partial charge in [0, 0.05) is 16.3 Å². The summed E-state index contributed by atoms with van der Waals surface area (Å²) in [4.78, 5) is 1.20. The van der Waals surface area contributed by atoms with Gasteiger partial charge in [-0.1, -0.05) is 6.07 Å². The van der Waals surface area contributed by atoms with Crippen molar-refractivity contribution < 1.29 is 9.84 Å². The highest BCUT2D eigenvalue weighted by Crippen LogP contribution is 2.24. The lowest BCUT2D eigenvalue weighted by Gasteiger charge is -2.06. The Hall–Kier alpha value is -0.710. The number of nitrogen functional groups attached to an aromatic ring is 1. The molecule has 0 spiro atoms. The Morgan fingerprint density at radius 3 is 2.93 bits per heavy atom. The quantitative estimate of drug-likeness (QED) is 0.441. The highest BCUT2D eigenvalue weighted by molar-refractivity contribution is 7.99. The van der Waals surface area contributed by atoms with Crippen LogP contribution in [0, 0.1) is 6.92 Å². The Kier molecular flexibility index (Phi) is 5.53. The summed E-state index contributed by atoms with van der Waals surface area (Å²) in [5.41, 5.74) is 7.73. The number of thioether (sulfide) groups is 1. The topological polar surface area (TPSA) is 55.5 Å². The van der Waals surface area contributed by atoms with E-state index in [1.807, 2.05) is 18.2 Å². The Morgan fingerprint density at radius 2 is 2.20 bits per heavy atom. The van der Waals surface area contributed by atoms with Crippen molar-refractivity contribution in [2.75, 3.05) is 31.3 Å². The van der Waals surface area contributed by atoms with E-state index in [-0.39, 0.29) is 6.61 Å². The van der Waals surface area contributed by atoms with Crippen LogP contribution in [0.3, 0.4) is 0 Å². The van der Waals surface area contributed by atoms with Crippen molar-refractivity contribution in [2.24, 2.45) is 0 Å². The van der Waals surface area contributed by atoms with Crippen LogP contribution in [0.4, 0.5) is 5.69 Å². The number of hydrogen-bond acceptors (Lipinski definition) is 4. The third-order valence-electron chi connectivity index (χ3n) is 1.93. The molecule has 4 heteroatoms. The molecule has 3 nitrogen and oxygen atoms in total. The predicted octanol–water partition coefficient (Wildman–Crippen LogP) is 1.68. The van der Waals surface area contributed by atoms with Crippen molar-refractivity contribution in [2.45, 2.75) is 11.8 Å². The summed E-state index contributed by atoms with van der Waals surface area (Å²) in [5.74, 6) is 0.879. The fourth-order valence-corrected chi connectivity index (χ4v) is 2.09. The van der Waals surface area contributed by atoms with Gasteiger partial charge in [0.2, 0.25) is 0 Å². The summed E-state index contributed by atoms with van der Waals surface area (Å²) >= 11 is 1.73. The molecule has 1 aromatic rings. The molecule has 0 aliphatic heterocycles. The number of aryl methyl sites for hydroxylation is 1. The molecular weight excluding hydrogens is 210 g/mol. The van der Waals surface area contributed by atoms with Crippen LogP contribution in [0.15, 0.2) is 23.1 Å². The van der Waals surface area contributed by atoms with Gasteiger partial charge in [0.1, 0.15) is 0 Å². The first-order chi connectivity index (χ1) is 7.24. The summed E-state index contributed by atoms with van der Waals surface area (Å²) in [5, 5.41) is 8.51. The minimum absolute atomic E-state index is 0.0853. The third kappa shape index (κ3) is 4.55. The minimum atomic E-state index is 0.0853. The monoisotopic (exact) mass is 227 g/mol. The fourth-order valence-electron chi connectivity index (χ4n) is 1.15. The average molecular weight is 227 g/mol. The van der Waals surface area contributed by atoms with E-state index >= 15 is 0 Å². The molecule has 0 atom stereocenters. The Morgan fingerprint density at radius 1 is 1.40 bits per heavy atom. The fraction of sp³-hybridized carbons (Fsp3) is 0.455. The van der Waals surface area contributed by atoms with Crippen LogP contribution in [0.25, 0.3) is 0 Å². The van der Waals surface area contributed by atoms with Gasteiger partial charge in [0.25, 0.3) is 0 Å². The van der Waals surface area contributed by atoms with Gasteiger partial charge in [-0.2, -0.15) is 0 Å². The van der Waals surface area contributed by atoms with E-state index in [9.17, 15) is 0 Å². The lowest BCUT2D eigenvalue weighted by molar-refractivity contribution is 0.103. The maximum absolute atomic E-state index is 8.51. The van der Waals surface area contributed by atoms with E-state index < -0.39 is 0 Å². The van der Waals surface area contributed by atoms with Crippen molar-refractivity contribution in [1.29, 1.82) is 0 Å². The molecule has 1 aromatic carbocycles. The Labute approximate surface area is 94.6 Å². The first kappa shape index (κ1) is 12.4. The van der Waals surface area contributed by atoms with Gasteiger partial charge in [-0.3, -0.25) is 0 Å². The summed E-state index contributed by atoms with van der Waals surface area (Å²) in [7, 11) is 0. The molecule has 3 N–H and O–H groups in total. The van der Waals surface area contributed by atoms with Crippen molar-refractivity contribution in [3.05, 3.63) is 23.8 Å². The second-order valence-electron chi connectivity index (χ2n) is 3.21. The summed E-state index contributed by atoms with van der Waals surface area (Å²) in [6.45, 7) is 3.22. The van der Waals surface area contributed by atoms with Gasteiger partial charge in [0.05, 0.1) is 19.8 Å². The number of hydrogen-bond donors (Lipinski definition) is 2. The van der Waals surface area contributed by atoms with E-state index in [1.54, 1.807) is 11.8 Å². The molecule has 0 fully saturated rings. The normalized spacial score (nSPS) is 10.5. The van der Waals surface area contributed by atoms with Gasteiger partial charge in [-0.05, 0) is 24.6 Å². The first-order valence-electron chi connectivity index (χ1n) is 4.91. The van der Waals surface area contributed by atoms with Crippen LogP contribution >= 0.6 is 11.8 Å². The zero-order valence-electron chi connectivity index (χ0n) is 8.90. The maximum Gasteiger partial charge on any atom is 0.0698 e. The molecule has 0 saturated heterocycles. The Balaban J connectivity index is 2.33. The second kappa shape index (κ2) is 6.71. The number of nitrogens with two attached hydrogens (primary N) is 1. The molecule has 0 aromatic heterocycles. The van der Waals surface area contributed by atoms with Crippen molar-refractivity contribution in [1.82, 2.24) is 0 Å². The van der Waals surface area contributed by atoms with Crippen LogP contribution in [-0.2, 0) is 4.74 Å². The first-order valence-corrected chi connectivity index (χ1v) is 5.90. The van der Waals surface area contributed by atoms with Crippen molar-refractivity contribution in [3.63, 3.8) is 0 Å². The van der Waals surface area contributed by atoms with Crippen molar-refractivity contribution in [3.8, 4) is 0 Å². The second-order valence-corrected chi connectivity index (χ2v) is 4.35. The zero-order chi connectivity index (χ0) is 11.1. The van der Waals surface area contributed by atoms with Crippen LogP contribution in [0.1, 0.15) is 5.56 Å². The molecule has 0 unspecified atom stereocenters. The maximum atomic E-state index is 8.51. The number of rotatable bonds is 6. The summed E-state index contributed by atoms with van der Waals surface area (Å²) in [6.07, 6.45) is 0. The highest BCUT2D eigenvalue weighted by Gasteiger charge is 1.99. The van der Waals surface area contributed by atoms with Gasteiger partial charge in [0.15, 0.2) is 0 Å². The summed E-state index contributed by atoms with van der Waals surface area (Å²) in [6, 6.07) is 5.90. The zero-order valence-corrected chi connectivity index (χ0v) is 9.72. The van der Waals surface area contributed by atoms with Crippen molar-refractivity contribution >= 4 is 17.4 Å². The van der Waals surface area contributed by atoms with Crippen LogP contribution in [-0.4, -0.2) is 30.7 Å². The molecule has 0 bridgehead atoms. The van der Waals surface area contributed by atoms with E-state index in [0.29, 0.717) is 13.2 Å². The lowest BCUT2D eigenvalue weighted by atomic mass is 10.2. The molecule has 15 heavy (non-hydrogen) atoms. The lowest BCUT2D eigenvalue weighted by Crippen LogP contribution is -2.02. The SMILES string of the molecule is Cc1ccc(N)cc1SCCOCCO. The molecule has 0 amide bonds. The smallest absolute Gasteiger partial charge is 0.0698 e. The molecule has 84 valence electrons. The van der Waals surface area contributed by atoms with E-state index in [4.69, 9.17) is 15.6 Å². The van der Waals surface area contributed by atoms with Gasteiger partial charge in [-0.25, -0.2) is 0 Å². The molecule has 1 rings (SSSR count). The van der Waals surface area contributed by atoms with Crippen LogP contribution < -0.4 is 5.73 Å². The third-order valence-corrected chi connectivity index (χ3v) is 3.05. The van der Waals surface area contributed by atoms with E-state index in [2.05, 4.69) is 6.92 Å². The molecular formula is C11H17NO2S. The number of benzene rings is 1. The largest absolute Gasteiger partial charge is 0.399 e. The van der Waals surface area contributed by atoms with Gasteiger partial charge in [-0.15, -0.1) is 11.8 Å². The number of aliphatic hydroxyl groups is 1. The highest BCUT2D eigenvalue weighted by atomic mass is 32.2. The summed E-state index contributed by atoms with van der Waals surface area (Å²) < 4.78 is 5.17.